The molecule has 2 aliphatic rings. The van der Waals surface area contributed by atoms with E-state index in [9.17, 15) is 5.11 Å². The summed E-state index contributed by atoms with van der Waals surface area (Å²) in [5.74, 6) is 2.74. The van der Waals surface area contributed by atoms with E-state index in [0.717, 1.165) is 18.3 Å². The normalized spacial score (nSPS) is 31.8. The van der Waals surface area contributed by atoms with Gasteiger partial charge in [-0.05, 0) is 75.0 Å². The summed E-state index contributed by atoms with van der Waals surface area (Å²) in [6, 6.07) is 6.60. The Morgan fingerprint density at radius 1 is 1.25 bits per heavy atom. The monoisotopic (exact) mass is 329 g/mol. The van der Waals surface area contributed by atoms with Crippen LogP contribution in [0.3, 0.4) is 0 Å². The van der Waals surface area contributed by atoms with Gasteiger partial charge in [0.2, 0.25) is 0 Å². The first-order valence-corrected chi connectivity index (χ1v) is 10.0. The maximum atomic E-state index is 10.7. The van der Waals surface area contributed by atoms with Gasteiger partial charge in [0.1, 0.15) is 5.75 Å². The van der Waals surface area contributed by atoms with Gasteiger partial charge in [-0.2, -0.15) is 0 Å². The van der Waals surface area contributed by atoms with Crippen LogP contribution in [0.15, 0.2) is 18.2 Å². The third-order valence-corrected chi connectivity index (χ3v) is 6.67. The summed E-state index contributed by atoms with van der Waals surface area (Å²) in [5, 5.41) is 14.6. The average molecular weight is 330 g/mol. The van der Waals surface area contributed by atoms with E-state index in [4.69, 9.17) is 0 Å². The Balaban J connectivity index is 1.92. The fourth-order valence-corrected chi connectivity index (χ4v) is 5.21. The summed E-state index contributed by atoms with van der Waals surface area (Å²) < 4.78 is 0. The molecule has 2 heteroatoms. The highest BCUT2D eigenvalue weighted by atomic mass is 16.3. The lowest BCUT2D eigenvalue weighted by Gasteiger charge is -2.48. The van der Waals surface area contributed by atoms with Crippen LogP contribution in [0.5, 0.6) is 5.75 Å². The van der Waals surface area contributed by atoms with Crippen LogP contribution in [0.4, 0.5) is 0 Å². The summed E-state index contributed by atoms with van der Waals surface area (Å²) in [4.78, 5) is 0. The molecule has 2 N–H and O–H groups in total. The van der Waals surface area contributed by atoms with Crippen molar-refractivity contribution in [1.82, 2.24) is 5.32 Å². The van der Waals surface area contributed by atoms with Crippen LogP contribution < -0.4 is 5.32 Å². The molecule has 1 aromatic rings. The molecule has 3 rings (SSSR count). The van der Waals surface area contributed by atoms with E-state index in [2.05, 4.69) is 39.1 Å². The van der Waals surface area contributed by atoms with Crippen molar-refractivity contribution in [2.75, 3.05) is 6.54 Å². The number of phenolic OH excluding ortho intramolecular Hbond substituents is 1. The van der Waals surface area contributed by atoms with Gasteiger partial charge >= 0.3 is 0 Å². The predicted molar refractivity (Wildman–Crippen MR) is 102 cm³/mol. The molecule has 2 fully saturated rings. The Morgan fingerprint density at radius 2 is 2.00 bits per heavy atom. The summed E-state index contributed by atoms with van der Waals surface area (Å²) in [5.41, 5.74) is 2.61. The van der Waals surface area contributed by atoms with E-state index in [1.807, 2.05) is 12.1 Å². The molecule has 0 aromatic heterocycles. The lowest BCUT2D eigenvalue weighted by atomic mass is 9.58. The smallest absolute Gasteiger partial charge is 0.119 e. The molecule has 24 heavy (non-hydrogen) atoms. The molecule has 2 saturated carbocycles. The van der Waals surface area contributed by atoms with Gasteiger partial charge in [0.25, 0.3) is 0 Å². The quantitative estimate of drug-likeness (QED) is 0.766. The maximum Gasteiger partial charge on any atom is 0.119 e. The zero-order valence-corrected chi connectivity index (χ0v) is 15.9. The highest BCUT2D eigenvalue weighted by Gasteiger charge is 2.45. The van der Waals surface area contributed by atoms with E-state index in [0.29, 0.717) is 17.7 Å². The summed E-state index contributed by atoms with van der Waals surface area (Å²) in [7, 11) is 0. The molecule has 134 valence electrons. The van der Waals surface area contributed by atoms with E-state index in [1.54, 1.807) is 0 Å². The van der Waals surface area contributed by atoms with Crippen LogP contribution in [-0.2, 0) is 11.8 Å². The highest BCUT2D eigenvalue weighted by Crippen LogP contribution is 2.50. The molecule has 2 nitrogen and oxygen atoms in total. The highest BCUT2D eigenvalue weighted by molar-refractivity contribution is 5.46. The van der Waals surface area contributed by atoms with Crippen molar-refractivity contribution >= 4 is 0 Å². The molecule has 4 unspecified atom stereocenters. The Morgan fingerprint density at radius 3 is 2.67 bits per heavy atom. The van der Waals surface area contributed by atoms with Crippen LogP contribution in [0.1, 0.15) is 70.9 Å². The lowest BCUT2D eigenvalue weighted by molar-refractivity contribution is 0.123. The first-order chi connectivity index (χ1) is 11.5. The van der Waals surface area contributed by atoms with Crippen molar-refractivity contribution < 1.29 is 5.11 Å². The molecule has 0 bridgehead atoms. The van der Waals surface area contributed by atoms with Gasteiger partial charge in [0.15, 0.2) is 0 Å². The van der Waals surface area contributed by atoms with E-state index in [-0.39, 0.29) is 5.41 Å². The van der Waals surface area contributed by atoms with Crippen LogP contribution in [0.2, 0.25) is 0 Å². The van der Waals surface area contributed by atoms with E-state index < -0.39 is 0 Å². The van der Waals surface area contributed by atoms with Crippen LogP contribution in [0.25, 0.3) is 0 Å². The van der Waals surface area contributed by atoms with Crippen molar-refractivity contribution in [2.24, 2.45) is 17.8 Å². The van der Waals surface area contributed by atoms with Gasteiger partial charge in [0, 0.05) is 17.0 Å². The molecule has 0 spiro atoms. The molecule has 4 atom stereocenters. The van der Waals surface area contributed by atoms with Crippen molar-refractivity contribution in [3.63, 3.8) is 0 Å². The number of aromatic hydroxyl groups is 1. The van der Waals surface area contributed by atoms with Crippen molar-refractivity contribution in [3.8, 4) is 5.75 Å². The Bertz CT molecular complexity index is 565. The van der Waals surface area contributed by atoms with Gasteiger partial charge in [-0.15, -0.1) is 0 Å². The largest absolute Gasteiger partial charge is 0.508 e. The third-order valence-electron chi connectivity index (χ3n) is 6.67. The molecule has 2 aliphatic carbocycles. The van der Waals surface area contributed by atoms with Crippen LogP contribution >= 0.6 is 0 Å². The first-order valence-electron chi connectivity index (χ1n) is 10.0. The Kier molecular flexibility index (Phi) is 5.24. The molecule has 0 heterocycles. The third kappa shape index (κ3) is 3.49. The number of hydrogen-bond donors (Lipinski definition) is 2. The van der Waals surface area contributed by atoms with Gasteiger partial charge in [-0.1, -0.05) is 39.3 Å². The minimum Gasteiger partial charge on any atom is -0.508 e. The van der Waals surface area contributed by atoms with Gasteiger partial charge in [-0.25, -0.2) is 0 Å². The van der Waals surface area contributed by atoms with Crippen molar-refractivity contribution in [1.29, 1.82) is 0 Å². The molecule has 0 saturated heterocycles. The average Bonchev–Trinajstić information content (AvgIpc) is 3.36. The summed E-state index contributed by atoms with van der Waals surface area (Å²) in [6.45, 7) is 10.5. The minimum absolute atomic E-state index is 0.0598. The van der Waals surface area contributed by atoms with E-state index >= 15 is 0 Å². The van der Waals surface area contributed by atoms with E-state index in [1.165, 1.54) is 49.8 Å². The fraction of sp³-hybridized carbons (Fsp3) is 0.727. The molecule has 0 aliphatic heterocycles. The summed E-state index contributed by atoms with van der Waals surface area (Å²) >= 11 is 0. The molecule has 1 aromatic carbocycles. The number of phenols is 1. The number of aryl methyl sites for hydroxylation is 1. The second-order valence-corrected chi connectivity index (χ2v) is 8.72. The molecular weight excluding hydrogens is 294 g/mol. The zero-order chi connectivity index (χ0) is 17.3. The number of rotatable bonds is 6. The fourth-order valence-electron chi connectivity index (χ4n) is 5.21. The Labute approximate surface area is 148 Å². The maximum absolute atomic E-state index is 10.7. The SMILES string of the molecule is CCc1cccc(O)c1C1(C)CC(C)CCC1C(C)NCC1CC1. The standard InChI is InChI=1S/C22H35NO/c1-5-18-7-6-8-20(24)21(18)22(4)13-15(2)9-12-19(22)16(3)23-14-17-10-11-17/h6-8,15-17,19,23-24H,5,9-14H2,1-4H3. The minimum atomic E-state index is 0.0598. The topological polar surface area (TPSA) is 32.3 Å². The predicted octanol–water partition coefficient (Wildman–Crippen LogP) is 5.04. The van der Waals surface area contributed by atoms with Gasteiger partial charge < -0.3 is 10.4 Å². The number of hydrogen-bond acceptors (Lipinski definition) is 2. The van der Waals surface area contributed by atoms with Crippen LogP contribution in [-0.4, -0.2) is 17.7 Å². The van der Waals surface area contributed by atoms with Gasteiger partial charge in [-0.3, -0.25) is 0 Å². The first kappa shape index (κ1) is 17.8. The molecule has 0 radical (unpaired) electrons. The zero-order valence-electron chi connectivity index (χ0n) is 15.9. The lowest BCUT2D eigenvalue weighted by Crippen LogP contribution is -2.49. The number of benzene rings is 1. The second kappa shape index (κ2) is 7.07. The van der Waals surface area contributed by atoms with Crippen LogP contribution in [0, 0.1) is 17.8 Å². The summed E-state index contributed by atoms with van der Waals surface area (Å²) in [6.07, 6.45) is 7.54. The Hall–Kier alpha value is -1.02. The van der Waals surface area contributed by atoms with Crippen molar-refractivity contribution in [2.45, 2.75) is 77.7 Å². The molecule has 0 amide bonds. The van der Waals surface area contributed by atoms with Gasteiger partial charge in [0.05, 0.1) is 0 Å². The second-order valence-electron chi connectivity index (χ2n) is 8.72. The number of nitrogens with one attached hydrogen (secondary N) is 1. The van der Waals surface area contributed by atoms with Crippen molar-refractivity contribution in [3.05, 3.63) is 29.3 Å². The molecular formula is C22H35NO.